The van der Waals surface area contributed by atoms with Crippen molar-refractivity contribution in [1.29, 1.82) is 0 Å². The Balaban J connectivity index is 1.49. The van der Waals surface area contributed by atoms with Crippen LogP contribution in [0, 0.1) is 6.92 Å². The summed E-state index contributed by atoms with van der Waals surface area (Å²) in [6, 6.07) is 15.5. The fourth-order valence-electron chi connectivity index (χ4n) is 2.26. The third kappa shape index (κ3) is 5.08. The lowest BCUT2D eigenvalue weighted by Gasteiger charge is -2.09. The molecule has 0 spiro atoms. The Hall–Kier alpha value is -2.31. The number of amides is 1. The van der Waals surface area contributed by atoms with E-state index < -0.39 is 0 Å². The van der Waals surface area contributed by atoms with Crippen molar-refractivity contribution in [1.82, 2.24) is 5.32 Å². The van der Waals surface area contributed by atoms with Gasteiger partial charge in [-0.25, -0.2) is 0 Å². The molecule has 2 aromatic carbocycles. The highest BCUT2D eigenvalue weighted by atomic mass is 32.2. The number of carbonyl (C=O) groups is 1. The SMILES string of the molecule is Cc1cccc(OCCOc2ccc(/C=C3\SC(=S)NC3=O)cc2)c1. The second kappa shape index (κ2) is 8.18. The number of nitrogens with one attached hydrogen (secondary N) is 1. The monoisotopic (exact) mass is 371 g/mol. The first-order valence-electron chi connectivity index (χ1n) is 7.77. The maximum absolute atomic E-state index is 11.6. The second-order valence-electron chi connectivity index (χ2n) is 5.43. The molecule has 0 aliphatic carbocycles. The van der Waals surface area contributed by atoms with Gasteiger partial charge in [0, 0.05) is 0 Å². The van der Waals surface area contributed by atoms with E-state index >= 15 is 0 Å². The largest absolute Gasteiger partial charge is 0.490 e. The van der Waals surface area contributed by atoms with Crippen molar-refractivity contribution in [3.05, 3.63) is 64.6 Å². The highest BCUT2D eigenvalue weighted by Gasteiger charge is 2.21. The van der Waals surface area contributed by atoms with Crippen LogP contribution >= 0.6 is 24.0 Å². The van der Waals surface area contributed by atoms with Gasteiger partial charge in [0.05, 0.1) is 4.91 Å². The second-order valence-corrected chi connectivity index (χ2v) is 7.15. The van der Waals surface area contributed by atoms with Gasteiger partial charge in [0.2, 0.25) is 0 Å². The van der Waals surface area contributed by atoms with Gasteiger partial charge >= 0.3 is 0 Å². The maximum Gasteiger partial charge on any atom is 0.263 e. The van der Waals surface area contributed by atoms with Crippen LogP contribution in [-0.2, 0) is 4.79 Å². The smallest absolute Gasteiger partial charge is 0.263 e. The number of hydrogen-bond acceptors (Lipinski definition) is 5. The predicted octanol–water partition coefficient (Wildman–Crippen LogP) is 3.94. The quantitative estimate of drug-likeness (QED) is 0.473. The van der Waals surface area contributed by atoms with Crippen LogP contribution in [0.4, 0.5) is 0 Å². The molecule has 128 valence electrons. The molecule has 0 atom stereocenters. The van der Waals surface area contributed by atoms with Gasteiger partial charge in [-0.3, -0.25) is 4.79 Å². The third-order valence-electron chi connectivity index (χ3n) is 3.43. The topological polar surface area (TPSA) is 47.6 Å². The van der Waals surface area contributed by atoms with E-state index in [1.165, 1.54) is 11.8 Å². The summed E-state index contributed by atoms with van der Waals surface area (Å²) in [7, 11) is 0. The molecule has 2 aromatic rings. The number of aryl methyl sites for hydroxylation is 1. The van der Waals surface area contributed by atoms with Crippen LogP contribution in [0.15, 0.2) is 53.4 Å². The summed E-state index contributed by atoms with van der Waals surface area (Å²) < 4.78 is 11.8. The summed E-state index contributed by atoms with van der Waals surface area (Å²) in [5.41, 5.74) is 2.09. The van der Waals surface area contributed by atoms with Gasteiger partial charge in [0.25, 0.3) is 5.91 Å². The number of hydrogen-bond donors (Lipinski definition) is 1. The first kappa shape index (κ1) is 17.5. The molecule has 25 heavy (non-hydrogen) atoms. The number of benzene rings is 2. The van der Waals surface area contributed by atoms with E-state index in [4.69, 9.17) is 21.7 Å². The minimum Gasteiger partial charge on any atom is -0.490 e. The molecule has 3 rings (SSSR count). The number of rotatable bonds is 6. The van der Waals surface area contributed by atoms with Crippen LogP contribution in [-0.4, -0.2) is 23.4 Å². The molecule has 1 aliphatic rings. The fraction of sp³-hybridized carbons (Fsp3) is 0.158. The number of thiocarbonyl (C=S) groups is 1. The first-order chi connectivity index (χ1) is 12.1. The fourth-order valence-corrected chi connectivity index (χ4v) is 3.30. The van der Waals surface area contributed by atoms with Gasteiger partial charge in [-0.1, -0.05) is 48.2 Å². The summed E-state index contributed by atoms with van der Waals surface area (Å²) >= 11 is 6.24. The predicted molar refractivity (Wildman–Crippen MR) is 105 cm³/mol. The van der Waals surface area contributed by atoms with Crippen LogP contribution in [0.5, 0.6) is 11.5 Å². The zero-order valence-corrected chi connectivity index (χ0v) is 15.3. The molecule has 0 unspecified atom stereocenters. The van der Waals surface area contributed by atoms with Gasteiger partial charge in [0.15, 0.2) is 0 Å². The molecule has 1 heterocycles. The molecule has 0 aromatic heterocycles. The lowest BCUT2D eigenvalue weighted by molar-refractivity contribution is -0.115. The van der Waals surface area contributed by atoms with Crippen molar-refractivity contribution in [2.24, 2.45) is 0 Å². The normalized spacial score (nSPS) is 15.3. The van der Waals surface area contributed by atoms with E-state index in [1.54, 1.807) is 0 Å². The summed E-state index contributed by atoms with van der Waals surface area (Å²) in [5.74, 6) is 1.45. The highest BCUT2D eigenvalue weighted by molar-refractivity contribution is 8.26. The zero-order chi connectivity index (χ0) is 17.6. The van der Waals surface area contributed by atoms with Gasteiger partial charge in [0.1, 0.15) is 29.0 Å². The molecule has 1 aliphatic heterocycles. The van der Waals surface area contributed by atoms with Crippen molar-refractivity contribution in [3.63, 3.8) is 0 Å². The minimum atomic E-state index is -0.149. The first-order valence-corrected chi connectivity index (χ1v) is 9.00. The van der Waals surface area contributed by atoms with Crippen molar-refractivity contribution >= 4 is 40.3 Å². The molecule has 1 N–H and O–H groups in total. The Morgan fingerprint density at radius 2 is 1.80 bits per heavy atom. The Bertz CT molecular complexity index is 816. The van der Waals surface area contributed by atoms with Crippen LogP contribution in [0.2, 0.25) is 0 Å². The lowest BCUT2D eigenvalue weighted by atomic mass is 10.2. The summed E-state index contributed by atoms with van der Waals surface area (Å²) in [5, 5.41) is 2.60. The highest BCUT2D eigenvalue weighted by Crippen LogP contribution is 2.26. The Labute approximate surface area is 156 Å². The Kier molecular flexibility index (Phi) is 5.73. The average molecular weight is 371 g/mol. The number of carbonyl (C=O) groups excluding carboxylic acids is 1. The van der Waals surface area contributed by atoms with Crippen LogP contribution in [0.3, 0.4) is 0 Å². The van der Waals surface area contributed by atoms with Gasteiger partial charge in [-0.15, -0.1) is 0 Å². The molecule has 4 nitrogen and oxygen atoms in total. The Morgan fingerprint density at radius 1 is 1.08 bits per heavy atom. The molecule has 1 fully saturated rings. The number of thioether (sulfide) groups is 1. The van der Waals surface area contributed by atoms with E-state index in [-0.39, 0.29) is 5.91 Å². The summed E-state index contributed by atoms with van der Waals surface area (Å²) in [6.45, 7) is 2.96. The minimum absolute atomic E-state index is 0.149. The van der Waals surface area contributed by atoms with Gasteiger partial charge < -0.3 is 14.8 Å². The van der Waals surface area contributed by atoms with Gasteiger partial charge in [-0.05, 0) is 48.4 Å². The third-order valence-corrected chi connectivity index (χ3v) is 4.59. The Morgan fingerprint density at radius 3 is 2.44 bits per heavy atom. The van der Waals surface area contributed by atoms with E-state index in [0.717, 1.165) is 22.6 Å². The van der Waals surface area contributed by atoms with Crippen molar-refractivity contribution in [2.75, 3.05) is 13.2 Å². The number of ether oxygens (including phenoxy) is 2. The molecule has 1 saturated heterocycles. The molecular formula is C19H17NO3S2. The maximum atomic E-state index is 11.6. The molecule has 0 radical (unpaired) electrons. The zero-order valence-electron chi connectivity index (χ0n) is 13.7. The summed E-state index contributed by atoms with van der Waals surface area (Å²) in [6.07, 6.45) is 1.81. The lowest BCUT2D eigenvalue weighted by Crippen LogP contribution is -2.17. The van der Waals surface area contributed by atoms with Crippen LogP contribution in [0.1, 0.15) is 11.1 Å². The molecule has 0 saturated carbocycles. The molecular weight excluding hydrogens is 354 g/mol. The van der Waals surface area contributed by atoms with Crippen LogP contribution < -0.4 is 14.8 Å². The average Bonchev–Trinajstić information content (AvgIpc) is 2.90. The van der Waals surface area contributed by atoms with Crippen molar-refractivity contribution in [2.45, 2.75) is 6.92 Å². The van der Waals surface area contributed by atoms with E-state index in [2.05, 4.69) is 5.32 Å². The van der Waals surface area contributed by atoms with Gasteiger partial charge in [-0.2, -0.15) is 0 Å². The summed E-state index contributed by atoms with van der Waals surface area (Å²) in [4.78, 5) is 12.2. The van der Waals surface area contributed by atoms with E-state index in [1.807, 2.05) is 61.5 Å². The molecule has 6 heteroatoms. The standard InChI is InChI=1S/C19H17NO3S2/c1-13-3-2-4-16(11-13)23-10-9-22-15-7-5-14(6-8-15)12-17-18(21)20-19(24)25-17/h2-8,11-12H,9-10H2,1H3,(H,20,21,24)/b17-12-. The van der Waals surface area contributed by atoms with Crippen molar-refractivity contribution in [3.8, 4) is 11.5 Å². The molecule has 0 bridgehead atoms. The van der Waals surface area contributed by atoms with Crippen molar-refractivity contribution < 1.29 is 14.3 Å². The van der Waals surface area contributed by atoms with E-state index in [0.29, 0.717) is 22.4 Å². The van der Waals surface area contributed by atoms with Crippen LogP contribution in [0.25, 0.3) is 6.08 Å². The molecule has 1 amide bonds. The van der Waals surface area contributed by atoms with E-state index in [9.17, 15) is 4.79 Å².